The molecule has 1 atom stereocenters. The highest BCUT2D eigenvalue weighted by atomic mass is 32.2. The zero-order valence-electron chi connectivity index (χ0n) is 12.9. The summed E-state index contributed by atoms with van der Waals surface area (Å²) in [5, 5.41) is 9.34. The summed E-state index contributed by atoms with van der Waals surface area (Å²) in [5.41, 5.74) is 1.94. The Morgan fingerprint density at radius 2 is 2.12 bits per heavy atom. The van der Waals surface area contributed by atoms with Crippen molar-refractivity contribution in [1.82, 2.24) is 20.2 Å². The first-order chi connectivity index (χ1) is 11.6. The van der Waals surface area contributed by atoms with E-state index in [4.69, 9.17) is 0 Å². The Balaban J connectivity index is 1.73. The summed E-state index contributed by atoms with van der Waals surface area (Å²) in [6, 6.07) is 12.4. The molecular weight excluding hydrogens is 326 g/mol. The van der Waals surface area contributed by atoms with Gasteiger partial charge in [-0.15, -0.1) is 5.10 Å². The smallest absolute Gasteiger partial charge is 0.258 e. The summed E-state index contributed by atoms with van der Waals surface area (Å²) in [5.74, 6) is 0.725. The molecule has 8 heteroatoms. The molecule has 2 N–H and O–H groups in total. The van der Waals surface area contributed by atoms with Gasteiger partial charge < -0.3 is 0 Å². The van der Waals surface area contributed by atoms with Crippen LogP contribution in [0.3, 0.4) is 0 Å². The largest absolute Gasteiger partial charge is 0.289 e. The molecule has 3 rings (SSSR count). The van der Waals surface area contributed by atoms with Gasteiger partial charge in [-0.05, 0) is 29.8 Å². The van der Waals surface area contributed by atoms with E-state index in [1.807, 2.05) is 12.1 Å². The van der Waals surface area contributed by atoms with Gasteiger partial charge in [0.25, 0.3) is 5.91 Å². The number of hydrogen-bond donors (Lipinski definition) is 2. The molecule has 0 aliphatic rings. The minimum atomic E-state index is -0.962. The maximum atomic E-state index is 12.3. The molecule has 3 aromatic rings. The number of carbonyl (C=O) groups excluding carboxylic acids is 1. The van der Waals surface area contributed by atoms with Gasteiger partial charge in [-0.25, -0.2) is 0 Å². The van der Waals surface area contributed by atoms with Crippen LogP contribution in [0.2, 0.25) is 0 Å². The van der Waals surface area contributed by atoms with Crippen LogP contribution in [0.15, 0.2) is 48.7 Å². The van der Waals surface area contributed by atoms with Gasteiger partial charge in [-0.1, -0.05) is 18.2 Å². The van der Waals surface area contributed by atoms with E-state index in [-0.39, 0.29) is 11.9 Å². The molecule has 2 aromatic heterocycles. The van der Waals surface area contributed by atoms with Crippen LogP contribution in [0.4, 0.5) is 5.95 Å². The van der Waals surface area contributed by atoms with Crippen molar-refractivity contribution in [1.29, 1.82) is 0 Å². The van der Waals surface area contributed by atoms with Crippen molar-refractivity contribution in [3.05, 3.63) is 59.8 Å². The summed E-state index contributed by atoms with van der Waals surface area (Å²) in [4.78, 5) is 20.7. The van der Waals surface area contributed by atoms with E-state index in [2.05, 4.69) is 25.5 Å². The first-order valence-corrected chi connectivity index (χ1v) is 8.88. The Morgan fingerprint density at radius 3 is 2.88 bits per heavy atom. The number of aromatic nitrogens is 4. The van der Waals surface area contributed by atoms with Gasteiger partial charge in [0.1, 0.15) is 5.69 Å². The Hall–Kier alpha value is -2.87. The number of aromatic amines is 1. The van der Waals surface area contributed by atoms with E-state index >= 15 is 0 Å². The van der Waals surface area contributed by atoms with Crippen molar-refractivity contribution in [2.75, 3.05) is 11.6 Å². The highest BCUT2D eigenvalue weighted by molar-refractivity contribution is 7.83. The fourth-order valence-corrected chi connectivity index (χ4v) is 2.79. The molecule has 0 fully saturated rings. The zero-order chi connectivity index (χ0) is 16.9. The van der Waals surface area contributed by atoms with Crippen molar-refractivity contribution in [2.24, 2.45) is 0 Å². The molecular formula is C16H15N5O2S. The number of benzene rings is 1. The van der Waals surface area contributed by atoms with Crippen LogP contribution in [0, 0.1) is 0 Å². The number of nitrogens with zero attached hydrogens (tertiary/aromatic N) is 3. The average molecular weight is 341 g/mol. The lowest BCUT2D eigenvalue weighted by Crippen LogP contribution is -2.13. The SMILES string of the molecule is CS(=O)Cc1cccc(C(=O)Nc2n[nH]c(-c3ccccn3)n2)c1. The number of rotatable bonds is 5. The maximum absolute atomic E-state index is 12.3. The number of pyridine rings is 1. The van der Waals surface area contributed by atoms with E-state index in [0.29, 0.717) is 22.8 Å². The molecule has 1 unspecified atom stereocenters. The van der Waals surface area contributed by atoms with Crippen molar-refractivity contribution in [3.8, 4) is 11.5 Å². The molecule has 0 spiro atoms. The minimum absolute atomic E-state index is 0.171. The van der Waals surface area contributed by atoms with Crippen molar-refractivity contribution >= 4 is 22.7 Å². The van der Waals surface area contributed by atoms with E-state index in [0.717, 1.165) is 5.56 Å². The number of nitrogens with one attached hydrogen (secondary N) is 2. The van der Waals surface area contributed by atoms with E-state index in [9.17, 15) is 9.00 Å². The second-order valence-corrected chi connectivity index (χ2v) is 6.53. The standard InChI is InChI=1S/C16H15N5O2S/c1-24(23)10-11-5-4-6-12(9-11)15(22)19-16-18-14(20-21-16)13-7-2-3-8-17-13/h2-9H,10H2,1H3,(H2,18,19,20,21,22). The lowest BCUT2D eigenvalue weighted by molar-refractivity contribution is 0.102. The van der Waals surface area contributed by atoms with Gasteiger partial charge >= 0.3 is 0 Å². The van der Waals surface area contributed by atoms with Crippen LogP contribution < -0.4 is 5.32 Å². The third-order valence-electron chi connectivity index (χ3n) is 3.18. The molecule has 0 saturated heterocycles. The summed E-state index contributed by atoms with van der Waals surface area (Å²) in [6.45, 7) is 0. The third-order valence-corrected chi connectivity index (χ3v) is 3.92. The average Bonchev–Trinajstić information content (AvgIpc) is 3.04. The van der Waals surface area contributed by atoms with Gasteiger partial charge in [0.2, 0.25) is 5.95 Å². The van der Waals surface area contributed by atoms with Gasteiger partial charge in [0.05, 0.1) is 0 Å². The fourth-order valence-electron chi connectivity index (χ4n) is 2.15. The first-order valence-electron chi connectivity index (χ1n) is 7.16. The lowest BCUT2D eigenvalue weighted by atomic mass is 10.1. The van der Waals surface area contributed by atoms with E-state index in [1.54, 1.807) is 42.8 Å². The third kappa shape index (κ3) is 3.90. The van der Waals surface area contributed by atoms with Crippen molar-refractivity contribution < 1.29 is 9.00 Å². The molecule has 7 nitrogen and oxygen atoms in total. The van der Waals surface area contributed by atoms with Crippen molar-refractivity contribution in [3.63, 3.8) is 0 Å². The van der Waals surface area contributed by atoms with Crippen LogP contribution in [-0.2, 0) is 16.6 Å². The molecule has 122 valence electrons. The summed E-state index contributed by atoms with van der Waals surface area (Å²) in [6.07, 6.45) is 3.28. The van der Waals surface area contributed by atoms with Gasteiger partial charge in [0, 0.05) is 34.6 Å². The van der Waals surface area contributed by atoms with Crippen LogP contribution in [-0.4, -0.2) is 36.5 Å². The highest BCUT2D eigenvalue weighted by Crippen LogP contribution is 2.13. The molecule has 0 aliphatic carbocycles. The van der Waals surface area contributed by atoms with Crippen LogP contribution >= 0.6 is 0 Å². The second kappa shape index (κ2) is 7.14. The first kappa shape index (κ1) is 16.0. The monoisotopic (exact) mass is 341 g/mol. The Bertz CT molecular complexity index is 879. The number of amides is 1. The van der Waals surface area contributed by atoms with E-state index in [1.165, 1.54) is 0 Å². The molecule has 0 saturated carbocycles. The predicted octanol–water partition coefficient (Wildman–Crippen LogP) is 2.00. The summed E-state index contributed by atoms with van der Waals surface area (Å²) in [7, 11) is -0.962. The highest BCUT2D eigenvalue weighted by Gasteiger charge is 2.12. The Labute approximate surface area is 141 Å². The normalized spacial score (nSPS) is 11.9. The van der Waals surface area contributed by atoms with Gasteiger partial charge in [-0.3, -0.25) is 24.4 Å². The van der Waals surface area contributed by atoms with Crippen LogP contribution in [0.5, 0.6) is 0 Å². The van der Waals surface area contributed by atoms with E-state index < -0.39 is 10.8 Å². The fraction of sp³-hybridized carbons (Fsp3) is 0.125. The molecule has 24 heavy (non-hydrogen) atoms. The van der Waals surface area contributed by atoms with Gasteiger partial charge in [0.15, 0.2) is 5.82 Å². The number of H-pyrrole nitrogens is 1. The van der Waals surface area contributed by atoms with Gasteiger partial charge in [-0.2, -0.15) is 4.98 Å². The molecule has 1 amide bonds. The summed E-state index contributed by atoms with van der Waals surface area (Å²) >= 11 is 0. The topological polar surface area (TPSA) is 101 Å². The number of hydrogen-bond acceptors (Lipinski definition) is 5. The van der Waals surface area contributed by atoms with Crippen molar-refractivity contribution in [2.45, 2.75) is 5.75 Å². The number of carbonyl (C=O) groups is 1. The van der Waals surface area contributed by atoms with Crippen LogP contribution in [0.25, 0.3) is 11.5 Å². The van der Waals surface area contributed by atoms with Crippen LogP contribution in [0.1, 0.15) is 15.9 Å². The minimum Gasteiger partial charge on any atom is -0.289 e. The Kier molecular flexibility index (Phi) is 4.76. The molecule has 2 heterocycles. The molecule has 0 aliphatic heterocycles. The molecule has 0 radical (unpaired) electrons. The lowest BCUT2D eigenvalue weighted by Gasteiger charge is -2.03. The summed E-state index contributed by atoms with van der Waals surface area (Å²) < 4.78 is 11.3. The Morgan fingerprint density at radius 1 is 1.25 bits per heavy atom. The quantitative estimate of drug-likeness (QED) is 0.739. The zero-order valence-corrected chi connectivity index (χ0v) is 13.7. The maximum Gasteiger partial charge on any atom is 0.258 e. The molecule has 0 bridgehead atoms. The molecule has 1 aromatic carbocycles. The number of anilines is 1. The second-order valence-electron chi connectivity index (χ2n) is 5.09. The predicted molar refractivity (Wildman–Crippen MR) is 91.8 cm³/mol.